The smallest absolute Gasteiger partial charge is 0.103 e. The number of pyridine rings is 1. The van der Waals surface area contributed by atoms with E-state index in [0.29, 0.717) is 6.54 Å². The fourth-order valence-corrected chi connectivity index (χ4v) is 2.58. The van der Waals surface area contributed by atoms with Crippen molar-refractivity contribution in [3.63, 3.8) is 0 Å². The SMILES string of the molecule is CN1CCC(O)(c2ccc3ncccc3c2)C1. The Morgan fingerprint density at radius 1 is 1.35 bits per heavy atom. The predicted octanol–water partition coefficient (Wildman–Crippen LogP) is 1.76. The Balaban J connectivity index is 2.06. The number of β-amino-alcohol motifs (C(OH)–C–C–N with tert-alkyl or cyclic N) is 1. The first-order chi connectivity index (χ1) is 8.17. The predicted molar refractivity (Wildman–Crippen MR) is 67.8 cm³/mol. The maximum absolute atomic E-state index is 10.6. The molecule has 17 heavy (non-hydrogen) atoms. The van der Waals surface area contributed by atoms with E-state index in [4.69, 9.17) is 0 Å². The summed E-state index contributed by atoms with van der Waals surface area (Å²) < 4.78 is 0. The molecule has 1 aromatic heterocycles. The molecule has 0 bridgehead atoms. The van der Waals surface area contributed by atoms with Crippen molar-refractivity contribution in [3.8, 4) is 0 Å². The van der Waals surface area contributed by atoms with Gasteiger partial charge in [-0.25, -0.2) is 0 Å². The highest BCUT2D eigenvalue weighted by molar-refractivity contribution is 5.79. The van der Waals surface area contributed by atoms with Crippen LogP contribution in [0, 0.1) is 0 Å². The minimum atomic E-state index is -0.696. The molecular formula is C14H16N2O. The fraction of sp³-hybridized carbons (Fsp3) is 0.357. The lowest BCUT2D eigenvalue weighted by Gasteiger charge is -2.23. The number of likely N-dealkylation sites (N-methyl/N-ethyl adjacent to an activating group) is 1. The summed E-state index contributed by atoms with van der Waals surface area (Å²) in [6.07, 6.45) is 2.59. The van der Waals surface area contributed by atoms with E-state index in [2.05, 4.69) is 16.0 Å². The average Bonchev–Trinajstić information content (AvgIpc) is 2.70. The number of hydrogen-bond acceptors (Lipinski definition) is 3. The number of aliphatic hydroxyl groups is 1. The first kappa shape index (κ1) is 10.7. The molecule has 0 aliphatic carbocycles. The van der Waals surface area contributed by atoms with E-state index in [1.54, 1.807) is 6.20 Å². The number of fused-ring (bicyclic) bond motifs is 1. The number of hydrogen-bond donors (Lipinski definition) is 1. The van der Waals surface area contributed by atoms with Crippen LogP contribution in [0.25, 0.3) is 10.9 Å². The number of aromatic nitrogens is 1. The van der Waals surface area contributed by atoms with Gasteiger partial charge in [0.2, 0.25) is 0 Å². The number of benzene rings is 1. The summed E-state index contributed by atoms with van der Waals surface area (Å²) in [7, 11) is 2.04. The van der Waals surface area contributed by atoms with Crippen molar-refractivity contribution in [2.45, 2.75) is 12.0 Å². The lowest BCUT2D eigenvalue weighted by Crippen LogP contribution is -2.29. The summed E-state index contributed by atoms with van der Waals surface area (Å²) in [6, 6.07) is 10.0. The van der Waals surface area contributed by atoms with Crippen LogP contribution in [0.5, 0.6) is 0 Å². The van der Waals surface area contributed by atoms with Gasteiger partial charge in [0.25, 0.3) is 0 Å². The Labute approximate surface area is 101 Å². The van der Waals surface area contributed by atoms with Crippen molar-refractivity contribution in [3.05, 3.63) is 42.1 Å². The summed E-state index contributed by atoms with van der Waals surface area (Å²) in [5.41, 5.74) is 1.28. The van der Waals surface area contributed by atoms with Crippen LogP contribution in [0.1, 0.15) is 12.0 Å². The molecule has 1 unspecified atom stereocenters. The molecule has 0 saturated carbocycles. The molecule has 0 spiro atoms. The minimum Gasteiger partial charge on any atom is -0.384 e. The molecule has 1 aromatic carbocycles. The van der Waals surface area contributed by atoms with E-state index in [-0.39, 0.29) is 0 Å². The van der Waals surface area contributed by atoms with Gasteiger partial charge in [0.1, 0.15) is 5.60 Å². The molecule has 88 valence electrons. The van der Waals surface area contributed by atoms with Crippen LogP contribution in [0.15, 0.2) is 36.5 Å². The Hall–Kier alpha value is -1.45. The molecule has 1 N–H and O–H groups in total. The zero-order valence-electron chi connectivity index (χ0n) is 9.93. The van der Waals surface area contributed by atoms with Gasteiger partial charge in [-0.05, 0) is 37.2 Å². The quantitative estimate of drug-likeness (QED) is 0.808. The van der Waals surface area contributed by atoms with Crippen molar-refractivity contribution in [2.24, 2.45) is 0 Å². The Morgan fingerprint density at radius 2 is 2.24 bits per heavy atom. The van der Waals surface area contributed by atoms with Gasteiger partial charge in [0.15, 0.2) is 0 Å². The fourth-order valence-electron chi connectivity index (χ4n) is 2.58. The number of nitrogens with zero attached hydrogens (tertiary/aromatic N) is 2. The zero-order valence-corrected chi connectivity index (χ0v) is 9.93. The molecule has 0 radical (unpaired) electrons. The molecule has 3 nitrogen and oxygen atoms in total. The van der Waals surface area contributed by atoms with Crippen LogP contribution in [-0.2, 0) is 5.60 Å². The Kier molecular flexibility index (Phi) is 2.38. The average molecular weight is 228 g/mol. The third kappa shape index (κ3) is 1.81. The molecule has 1 saturated heterocycles. The van der Waals surface area contributed by atoms with Gasteiger partial charge in [-0.2, -0.15) is 0 Å². The van der Waals surface area contributed by atoms with Crippen molar-refractivity contribution < 1.29 is 5.11 Å². The summed E-state index contributed by atoms with van der Waals surface area (Å²) in [5, 5.41) is 11.7. The standard InChI is InChI=1S/C14H16N2O/c1-16-8-6-14(17,10-16)12-4-5-13-11(9-12)3-2-7-15-13/h2-5,7,9,17H,6,8,10H2,1H3. The Morgan fingerprint density at radius 3 is 3.00 bits per heavy atom. The van der Waals surface area contributed by atoms with Crippen LogP contribution in [0.2, 0.25) is 0 Å². The van der Waals surface area contributed by atoms with E-state index in [1.165, 1.54) is 0 Å². The van der Waals surface area contributed by atoms with Gasteiger partial charge in [0, 0.05) is 24.7 Å². The van der Waals surface area contributed by atoms with E-state index in [9.17, 15) is 5.11 Å². The third-order valence-corrected chi connectivity index (χ3v) is 3.58. The summed E-state index contributed by atoms with van der Waals surface area (Å²) in [5.74, 6) is 0. The molecule has 0 amide bonds. The second kappa shape index (κ2) is 3.79. The second-order valence-electron chi connectivity index (χ2n) is 4.93. The maximum Gasteiger partial charge on any atom is 0.103 e. The van der Waals surface area contributed by atoms with Crippen LogP contribution in [0.3, 0.4) is 0 Å². The third-order valence-electron chi connectivity index (χ3n) is 3.58. The first-order valence-electron chi connectivity index (χ1n) is 5.94. The Bertz CT molecular complexity index is 555. The molecule has 2 aromatic rings. The molecule has 1 aliphatic rings. The molecule has 1 atom stereocenters. The highest BCUT2D eigenvalue weighted by Crippen LogP contribution is 2.32. The van der Waals surface area contributed by atoms with E-state index in [1.807, 2.05) is 31.3 Å². The largest absolute Gasteiger partial charge is 0.384 e. The zero-order chi connectivity index (χ0) is 11.9. The number of likely N-dealkylation sites (tertiary alicyclic amines) is 1. The van der Waals surface area contributed by atoms with Gasteiger partial charge in [-0.1, -0.05) is 12.1 Å². The van der Waals surface area contributed by atoms with Crippen molar-refractivity contribution in [2.75, 3.05) is 20.1 Å². The lowest BCUT2D eigenvalue weighted by atomic mass is 9.92. The molecule has 1 aliphatic heterocycles. The molecule has 3 rings (SSSR count). The molecule has 3 heteroatoms. The van der Waals surface area contributed by atoms with Crippen LogP contribution >= 0.6 is 0 Å². The lowest BCUT2D eigenvalue weighted by molar-refractivity contribution is 0.0490. The highest BCUT2D eigenvalue weighted by Gasteiger charge is 2.35. The monoisotopic (exact) mass is 228 g/mol. The van der Waals surface area contributed by atoms with E-state index < -0.39 is 5.60 Å². The first-order valence-corrected chi connectivity index (χ1v) is 5.94. The van der Waals surface area contributed by atoms with Gasteiger partial charge in [0.05, 0.1) is 5.52 Å². The molecule has 1 fully saturated rings. The van der Waals surface area contributed by atoms with Crippen LogP contribution in [0.4, 0.5) is 0 Å². The maximum atomic E-state index is 10.6. The normalized spacial score (nSPS) is 25.5. The second-order valence-corrected chi connectivity index (χ2v) is 4.93. The van der Waals surface area contributed by atoms with Gasteiger partial charge in [-0.3, -0.25) is 4.98 Å². The summed E-state index contributed by atoms with van der Waals surface area (Å²) in [4.78, 5) is 6.45. The van der Waals surface area contributed by atoms with Crippen molar-refractivity contribution >= 4 is 10.9 Å². The van der Waals surface area contributed by atoms with Gasteiger partial charge >= 0.3 is 0 Å². The summed E-state index contributed by atoms with van der Waals surface area (Å²) in [6.45, 7) is 1.65. The van der Waals surface area contributed by atoms with E-state index >= 15 is 0 Å². The minimum absolute atomic E-state index is 0.696. The van der Waals surface area contributed by atoms with Gasteiger partial charge < -0.3 is 10.0 Å². The van der Waals surface area contributed by atoms with Crippen LogP contribution in [-0.4, -0.2) is 35.1 Å². The number of rotatable bonds is 1. The topological polar surface area (TPSA) is 36.4 Å². The van der Waals surface area contributed by atoms with Crippen molar-refractivity contribution in [1.82, 2.24) is 9.88 Å². The van der Waals surface area contributed by atoms with Crippen molar-refractivity contribution in [1.29, 1.82) is 0 Å². The highest BCUT2D eigenvalue weighted by atomic mass is 16.3. The van der Waals surface area contributed by atoms with E-state index in [0.717, 1.165) is 29.4 Å². The van der Waals surface area contributed by atoms with Crippen LogP contribution < -0.4 is 0 Å². The molecular weight excluding hydrogens is 212 g/mol. The molecule has 2 heterocycles. The summed E-state index contributed by atoms with van der Waals surface area (Å²) >= 11 is 0. The van der Waals surface area contributed by atoms with Gasteiger partial charge in [-0.15, -0.1) is 0 Å².